The van der Waals surface area contributed by atoms with Gasteiger partial charge in [0.1, 0.15) is 5.82 Å². The molecular formula is C14H20ClN3. The first-order valence-electron chi connectivity index (χ1n) is 6.13. The molecule has 0 saturated heterocycles. The lowest BCUT2D eigenvalue weighted by atomic mass is 10.1. The largest absolute Gasteiger partial charge is 0.349 e. The summed E-state index contributed by atoms with van der Waals surface area (Å²) < 4.78 is 0. The van der Waals surface area contributed by atoms with Crippen molar-refractivity contribution in [1.29, 1.82) is 0 Å². The Balaban J connectivity index is 3.23. The molecule has 0 aromatic carbocycles. The fourth-order valence-corrected chi connectivity index (χ4v) is 2.12. The van der Waals surface area contributed by atoms with Crippen molar-refractivity contribution >= 4 is 17.4 Å². The number of nitrogens with zero attached hydrogens (tertiary/aromatic N) is 3. The highest BCUT2D eigenvalue weighted by atomic mass is 35.5. The first-order chi connectivity index (χ1) is 8.63. The molecule has 3 nitrogen and oxygen atoms in total. The lowest BCUT2D eigenvalue weighted by Gasteiger charge is -2.24. The third-order valence-electron chi connectivity index (χ3n) is 2.66. The zero-order chi connectivity index (χ0) is 13.5. The lowest BCUT2D eigenvalue weighted by molar-refractivity contribution is 0.840. The predicted octanol–water partition coefficient (Wildman–Crippen LogP) is 3.57. The smallest absolute Gasteiger partial charge is 0.224 e. The summed E-state index contributed by atoms with van der Waals surface area (Å²) in [6.07, 6.45) is 5.70. The van der Waals surface area contributed by atoms with Crippen LogP contribution in [-0.2, 0) is 6.42 Å². The van der Waals surface area contributed by atoms with Gasteiger partial charge in [-0.3, -0.25) is 0 Å². The van der Waals surface area contributed by atoms with Crippen LogP contribution >= 0.6 is 11.6 Å². The monoisotopic (exact) mass is 265 g/mol. The summed E-state index contributed by atoms with van der Waals surface area (Å²) >= 11 is 5.97. The van der Waals surface area contributed by atoms with Crippen molar-refractivity contribution < 1.29 is 0 Å². The van der Waals surface area contributed by atoms with Crippen molar-refractivity contribution in [2.75, 3.05) is 18.0 Å². The topological polar surface area (TPSA) is 29.0 Å². The Hall–Kier alpha value is -1.35. The summed E-state index contributed by atoms with van der Waals surface area (Å²) in [5.74, 6) is 0.897. The predicted molar refractivity (Wildman–Crippen MR) is 78.4 cm³/mol. The Morgan fingerprint density at radius 3 is 2.33 bits per heavy atom. The van der Waals surface area contributed by atoms with Gasteiger partial charge in [0.2, 0.25) is 5.28 Å². The third-order valence-corrected chi connectivity index (χ3v) is 2.83. The molecule has 18 heavy (non-hydrogen) atoms. The van der Waals surface area contributed by atoms with Gasteiger partial charge in [-0.05, 0) is 24.9 Å². The molecule has 0 fully saturated rings. The van der Waals surface area contributed by atoms with Crippen LogP contribution in [-0.4, -0.2) is 23.1 Å². The summed E-state index contributed by atoms with van der Waals surface area (Å²) in [5.41, 5.74) is 2.11. The zero-order valence-corrected chi connectivity index (χ0v) is 11.9. The molecular weight excluding hydrogens is 246 g/mol. The number of hydrogen-bond acceptors (Lipinski definition) is 3. The Labute approximate surface area is 114 Å². The summed E-state index contributed by atoms with van der Waals surface area (Å²) in [6, 6.07) is 0. The zero-order valence-electron chi connectivity index (χ0n) is 11.1. The van der Waals surface area contributed by atoms with Crippen LogP contribution < -0.4 is 4.90 Å². The lowest BCUT2D eigenvalue weighted by Crippen LogP contribution is -2.26. The van der Waals surface area contributed by atoms with Crippen molar-refractivity contribution in [3.8, 4) is 0 Å². The number of aryl methyl sites for hydroxylation is 1. The SMILES string of the molecule is C=CCN(CC=C)c1nc(Cl)nc(C)c1CCC. The Bertz CT molecular complexity index is 419. The molecule has 1 aromatic heterocycles. The molecule has 98 valence electrons. The van der Waals surface area contributed by atoms with E-state index in [-0.39, 0.29) is 0 Å². The standard InChI is InChI=1S/C14H20ClN3/c1-5-8-12-11(4)16-14(15)17-13(12)18(9-6-2)10-7-3/h6-7H,2-3,5,8-10H2,1,4H3. The second-order valence-corrected chi connectivity index (χ2v) is 4.45. The van der Waals surface area contributed by atoms with Gasteiger partial charge in [-0.25, -0.2) is 9.97 Å². The third kappa shape index (κ3) is 3.57. The van der Waals surface area contributed by atoms with Crippen LogP contribution in [0.1, 0.15) is 24.6 Å². The molecule has 0 unspecified atom stereocenters. The molecule has 1 heterocycles. The fraction of sp³-hybridized carbons (Fsp3) is 0.429. The van der Waals surface area contributed by atoms with Crippen LogP contribution in [0, 0.1) is 6.92 Å². The summed E-state index contributed by atoms with van der Waals surface area (Å²) in [6.45, 7) is 13.1. The molecule has 4 heteroatoms. The van der Waals surface area contributed by atoms with Crippen molar-refractivity contribution in [1.82, 2.24) is 9.97 Å². The maximum absolute atomic E-state index is 5.97. The molecule has 0 bridgehead atoms. The van der Waals surface area contributed by atoms with E-state index in [1.54, 1.807) is 0 Å². The van der Waals surface area contributed by atoms with E-state index in [2.05, 4.69) is 34.9 Å². The van der Waals surface area contributed by atoms with E-state index in [1.807, 2.05) is 19.1 Å². The maximum Gasteiger partial charge on any atom is 0.224 e. The van der Waals surface area contributed by atoms with Gasteiger partial charge in [-0.2, -0.15) is 0 Å². The van der Waals surface area contributed by atoms with Crippen LogP contribution in [0.4, 0.5) is 5.82 Å². The highest BCUT2D eigenvalue weighted by molar-refractivity contribution is 6.28. The van der Waals surface area contributed by atoms with Crippen LogP contribution in [0.2, 0.25) is 5.28 Å². The molecule has 0 atom stereocenters. The van der Waals surface area contributed by atoms with Gasteiger partial charge >= 0.3 is 0 Å². The molecule has 0 N–H and O–H groups in total. The minimum Gasteiger partial charge on any atom is -0.349 e. The Kier molecular flexibility index (Phi) is 5.86. The van der Waals surface area contributed by atoms with E-state index in [1.165, 1.54) is 0 Å². The number of hydrogen-bond donors (Lipinski definition) is 0. The van der Waals surface area contributed by atoms with Crippen LogP contribution in [0.3, 0.4) is 0 Å². The number of aromatic nitrogens is 2. The second-order valence-electron chi connectivity index (χ2n) is 4.11. The fourth-order valence-electron chi connectivity index (χ4n) is 1.91. The van der Waals surface area contributed by atoms with Gasteiger partial charge in [0.15, 0.2) is 0 Å². The summed E-state index contributed by atoms with van der Waals surface area (Å²) in [5, 5.41) is 0.292. The first kappa shape index (κ1) is 14.7. The average Bonchev–Trinajstić information content (AvgIpc) is 2.32. The van der Waals surface area contributed by atoms with Gasteiger partial charge in [-0.15, -0.1) is 13.2 Å². The van der Waals surface area contributed by atoms with Crippen LogP contribution in [0.15, 0.2) is 25.3 Å². The maximum atomic E-state index is 5.97. The minimum absolute atomic E-state index is 0.292. The Morgan fingerprint density at radius 1 is 1.22 bits per heavy atom. The van der Waals surface area contributed by atoms with Gasteiger partial charge in [0.25, 0.3) is 0 Å². The van der Waals surface area contributed by atoms with E-state index >= 15 is 0 Å². The van der Waals surface area contributed by atoms with Gasteiger partial charge in [0.05, 0.1) is 0 Å². The van der Waals surface area contributed by atoms with Crippen molar-refractivity contribution in [2.45, 2.75) is 26.7 Å². The molecule has 0 radical (unpaired) electrons. The molecule has 1 aromatic rings. The van der Waals surface area contributed by atoms with Crippen LogP contribution in [0.25, 0.3) is 0 Å². The number of halogens is 1. The summed E-state index contributed by atoms with van der Waals surface area (Å²) in [7, 11) is 0. The van der Waals surface area contributed by atoms with Gasteiger partial charge < -0.3 is 4.90 Å². The number of anilines is 1. The summed E-state index contributed by atoms with van der Waals surface area (Å²) in [4.78, 5) is 10.7. The normalized spacial score (nSPS) is 10.2. The van der Waals surface area contributed by atoms with E-state index in [4.69, 9.17) is 11.6 Å². The molecule has 0 aliphatic carbocycles. The van der Waals surface area contributed by atoms with E-state index in [0.29, 0.717) is 5.28 Å². The molecule has 0 spiro atoms. The van der Waals surface area contributed by atoms with Crippen molar-refractivity contribution in [2.24, 2.45) is 0 Å². The Morgan fingerprint density at radius 2 is 1.83 bits per heavy atom. The van der Waals surface area contributed by atoms with Crippen LogP contribution in [0.5, 0.6) is 0 Å². The number of rotatable bonds is 7. The highest BCUT2D eigenvalue weighted by Crippen LogP contribution is 2.23. The molecule has 1 rings (SSSR count). The van der Waals surface area contributed by atoms with Gasteiger partial charge in [-0.1, -0.05) is 25.5 Å². The molecule has 0 saturated carbocycles. The second kappa shape index (κ2) is 7.17. The molecule has 0 amide bonds. The van der Waals surface area contributed by atoms with E-state index in [0.717, 1.165) is 43.0 Å². The molecule has 0 aliphatic heterocycles. The average molecular weight is 266 g/mol. The minimum atomic E-state index is 0.292. The first-order valence-corrected chi connectivity index (χ1v) is 6.51. The van der Waals surface area contributed by atoms with E-state index < -0.39 is 0 Å². The van der Waals surface area contributed by atoms with Gasteiger partial charge in [0, 0.05) is 24.3 Å². The molecule has 0 aliphatic rings. The highest BCUT2D eigenvalue weighted by Gasteiger charge is 2.15. The van der Waals surface area contributed by atoms with E-state index in [9.17, 15) is 0 Å². The quantitative estimate of drug-likeness (QED) is 0.557. The van der Waals surface area contributed by atoms with Crippen molar-refractivity contribution in [3.05, 3.63) is 41.9 Å². The van der Waals surface area contributed by atoms with Crippen molar-refractivity contribution in [3.63, 3.8) is 0 Å².